The van der Waals surface area contributed by atoms with Gasteiger partial charge in [-0.3, -0.25) is 9.59 Å². The average Bonchev–Trinajstić information content (AvgIpc) is 3.16. The standard InChI is InChI=1S/C22H25N5O3S/c1-15(2)30-19-9-7-16(8-10-19)12-23-21(29)17-5-4-6-18(11-17)25-20(28)13-31-22-26-24-14-27(22)3/h4-11,14-15H,12-13H2,1-3H3,(H,23,29)(H,25,28). The van der Waals surface area contributed by atoms with E-state index in [0.717, 1.165) is 11.3 Å². The van der Waals surface area contributed by atoms with E-state index < -0.39 is 0 Å². The van der Waals surface area contributed by atoms with Crippen LogP contribution in [0.15, 0.2) is 60.0 Å². The number of benzene rings is 2. The van der Waals surface area contributed by atoms with Crippen molar-refractivity contribution in [3.05, 3.63) is 66.0 Å². The fourth-order valence-electron chi connectivity index (χ4n) is 2.71. The molecule has 2 aromatic carbocycles. The van der Waals surface area contributed by atoms with Crippen molar-refractivity contribution in [3.8, 4) is 5.75 Å². The lowest BCUT2D eigenvalue weighted by molar-refractivity contribution is -0.113. The fourth-order valence-corrected chi connectivity index (χ4v) is 3.40. The van der Waals surface area contributed by atoms with Crippen LogP contribution in [-0.4, -0.2) is 38.4 Å². The highest BCUT2D eigenvalue weighted by atomic mass is 32.2. The summed E-state index contributed by atoms with van der Waals surface area (Å²) in [6, 6.07) is 14.5. The van der Waals surface area contributed by atoms with Crippen LogP contribution in [0.4, 0.5) is 5.69 Å². The Labute approximate surface area is 185 Å². The molecule has 0 unspecified atom stereocenters. The summed E-state index contributed by atoms with van der Waals surface area (Å²) in [5.41, 5.74) is 2.00. The molecule has 3 rings (SSSR count). The van der Waals surface area contributed by atoms with Gasteiger partial charge in [0.05, 0.1) is 11.9 Å². The Morgan fingerprint density at radius 1 is 1.16 bits per heavy atom. The number of nitrogens with zero attached hydrogens (tertiary/aromatic N) is 3. The van der Waals surface area contributed by atoms with E-state index in [1.54, 1.807) is 35.2 Å². The molecular weight excluding hydrogens is 414 g/mol. The van der Waals surface area contributed by atoms with Crippen molar-refractivity contribution in [3.63, 3.8) is 0 Å². The predicted molar refractivity (Wildman–Crippen MR) is 120 cm³/mol. The van der Waals surface area contributed by atoms with Crippen LogP contribution in [0, 0.1) is 0 Å². The maximum absolute atomic E-state index is 12.5. The molecule has 0 spiro atoms. The zero-order chi connectivity index (χ0) is 22.2. The first-order chi connectivity index (χ1) is 14.9. The number of hydrogen-bond donors (Lipinski definition) is 2. The number of aromatic nitrogens is 3. The number of aryl methyl sites for hydroxylation is 1. The molecule has 0 saturated heterocycles. The van der Waals surface area contributed by atoms with Crippen molar-refractivity contribution in [1.29, 1.82) is 0 Å². The van der Waals surface area contributed by atoms with Gasteiger partial charge in [0.1, 0.15) is 12.1 Å². The summed E-state index contributed by atoms with van der Waals surface area (Å²) in [7, 11) is 1.82. The molecule has 0 bridgehead atoms. The number of ether oxygens (including phenoxy) is 1. The van der Waals surface area contributed by atoms with Crippen LogP contribution < -0.4 is 15.4 Å². The van der Waals surface area contributed by atoms with Crippen LogP contribution >= 0.6 is 11.8 Å². The summed E-state index contributed by atoms with van der Waals surface area (Å²) in [6.07, 6.45) is 1.69. The highest BCUT2D eigenvalue weighted by molar-refractivity contribution is 7.99. The third-order valence-corrected chi connectivity index (χ3v) is 5.19. The van der Waals surface area contributed by atoms with E-state index in [1.807, 2.05) is 45.2 Å². The van der Waals surface area contributed by atoms with Crippen LogP contribution in [-0.2, 0) is 18.4 Å². The van der Waals surface area contributed by atoms with Crippen LogP contribution in [0.25, 0.3) is 0 Å². The number of hydrogen-bond acceptors (Lipinski definition) is 6. The largest absolute Gasteiger partial charge is 0.491 e. The molecule has 162 valence electrons. The van der Waals surface area contributed by atoms with E-state index in [9.17, 15) is 9.59 Å². The molecule has 0 atom stereocenters. The molecule has 2 amide bonds. The molecule has 1 aromatic heterocycles. The summed E-state index contributed by atoms with van der Waals surface area (Å²) in [5, 5.41) is 14.1. The lowest BCUT2D eigenvalue weighted by Gasteiger charge is -2.11. The summed E-state index contributed by atoms with van der Waals surface area (Å²) >= 11 is 1.29. The van der Waals surface area contributed by atoms with Gasteiger partial charge in [-0.1, -0.05) is 30.0 Å². The summed E-state index contributed by atoms with van der Waals surface area (Å²) in [4.78, 5) is 24.7. The quantitative estimate of drug-likeness (QED) is 0.497. The summed E-state index contributed by atoms with van der Waals surface area (Å²) in [6.45, 7) is 4.34. The highest BCUT2D eigenvalue weighted by Crippen LogP contribution is 2.16. The lowest BCUT2D eigenvalue weighted by Crippen LogP contribution is -2.23. The second-order valence-electron chi connectivity index (χ2n) is 7.14. The summed E-state index contributed by atoms with van der Waals surface area (Å²) in [5.74, 6) is 0.589. The van der Waals surface area contributed by atoms with Crippen molar-refractivity contribution in [2.24, 2.45) is 7.05 Å². The van der Waals surface area contributed by atoms with Crippen molar-refractivity contribution >= 4 is 29.3 Å². The Bertz CT molecular complexity index is 1030. The molecule has 2 N–H and O–H groups in total. The maximum Gasteiger partial charge on any atom is 0.251 e. The van der Waals surface area contributed by atoms with E-state index in [1.165, 1.54) is 11.8 Å². The smallest absolute Gasteiger partial charge is 0.251 e. The normalized spacial score (nSPS) is 10.7. The maximum atomic E-state index is 12.5. The van der Waals surface area contributed by atoms with Gasteiger partial charge in [0.25, 0.3) is 5.91 Å². The van der Waals surface area contributed by atoms with Crippen molar-refractivity contribution in [2.75, 3.05) is 11.1 Å². The molecule has 0 saturated carbocycles. The second kappa shape index (κ2) is 10.6. The molecule has 0 fully saturated rings. The van der Waals surface area contributed by atoms with E-state index in [4.69, 9.17) is 4.74 Å². The molecular formula is C22H25N5O3S. The molecule has 1 heterocycles. The minimum Gasteiger partial charge on any atom is -0.491 e. The SMILES string of the molecule is CC(C)Oc1ccc(CNC(=O)c2cccc(NC(=O)CSc3nncn3C)c2)cc1. The van der Waals surface area contributed by atoms with E-state index >= 15 is 0 Å². The number of amides is 2. The minimum absolute atomic E-state index is 0.115. The van der Waals surface area contributed by atoms with Gasteiger partial charge in [0.15, 0.2) is 5.16 Å². The van der Waals surface area contributed by atoms with Gasteiger partial charge in [-0.2, -0.15) is 0 Å². The van der Waals surface area contributed by atoms with Crippen molar-refractivity contribution in [2.45, 2.75) is 31.7 Å². The van der Waals surface area contributed by atoms with Gasteiger partial charge in [0, 0.05) is 24.8 Å². The van der Waals surface area contributed by atoms with Gasteiger partial charge in [-0.25, -0.2) is 0 Å². The predicted octanol–water partition coefficient (Wildman–Crippen LogP) is 3.26. The minimum atomic E-state index is -0.216. The third kappa shape index (κ3) is 6.85. The van der Waals surface area contributed by atoms with Gasteiger partial charge < -0.3 is 19.9 Å². The zero-order valence-corrected chi connectivity index (χ0v) is 18.5. The van der Waals surface area contributed by atoms with Gasteiger partial charge in [-0.15, -0.1) is 10.2 Å². The van der Waals surface area contributed by atoms with Crippen molar-refractivity contribution in [1.82, 2.24) is 20.1 Å². The molecule has 31 heavy (non-hydrogen) atoms. The van der Waals surface area contributed by atoms with E-state index in [-0.39, 0.29) is 23.7 Å². The topological polar surface area (TPSA) is 98.1 Å². The number of anilines is 1. The molecule has 0 aliphatic rings. The number of carbonyl (C=O) groups excluding carboxylic acids is 2. The lowest BCUT2D eigenvalue weighted by atomic mass is 10.1. The Kier molecular flexibility index (Phi) is 7.66. The van der Waals surface area contributed by atoms with Gasteiger partial charge in [0.2, 0.25) is 5.91 Å². The first kappa shape index (κ1) is 22.4. The molecule has 3 aromatic rings. The zero-order valence-electron chi connectivity index (χ0n) is 17.7. The van der Waals surface area contributed by atoms with Crippen LogP contribution in [0.2, 0.25) is 0 Å². The number of thioether (sulfide) groups is 1. The Hall–Kier alpha value is -3.33. The molecule has 0 aliphatic heterocycles. The number of rotatable bonds is 9. The Balaban J connectivity index is 1.51. The van der Waals surface area contributed by atoms with Crippen LogP contribution in [0.3, 0.4) is 0 Å². The number of nitrogens with one attached hydrogen (secondary N) is 2. The van der Waals surface area contributed by atoms with E-state index in [2.05, 4.69) is 20.8 Å². The van der Waals surface area contributed by atoms with E-state index in [0.29, 0.717) is 23.0 Å². The fraction of sp³-hybridized carbons (Fsp3) is 0.273. The number of carbonyl (C=O) groups is 2. The average molecular weight is 440 g/mol. The van der Waals surface area contributed by atoms with Gasteiger partial charge >= 0.3 is 0 Å². The Morgan fingerprint density at radius 2 is 1.94 bits per heavy atom. The van der Waals surface area contributed by atoms with Crippen LogP contribution in [0.1, 0.15) is 29.8 Å². The highest BCUT2D eigenvalue weighted by Gasteiger charge is 2.10. The van der Waals surface area contributed by atoms with Crippen LogP contribution in [0.5, 0.6) is 5.75 Å². The first-order valence-corrected chi connectivity index (χ1v) is 10.8. The Morgan fingerprint density at radius 3 is 2.61 bits per heavy atom. The summed E-state index contributed by atoms with van der Waals surface area (Å²) < 4.78 is 7.37. The molecule has 8 nitrogen and oxygen atoms in total. The first-order valence-electron chi connectivity index (χ1n) is 9.81. The molecule has 0 radical (unpaired) electrons. The van der Waals surface area contributed by atoms with Crippen molar-refractivity contribution < 1.29 is 14.3 Å². The second-order valence-corrected chi connectivity index (χ2v) is 8.08. The molecule has 9 heteroatoms. The molecule has 0 aliphatic carbocycles. The monoisotopic (exact) mass is 439 g/mol. The third-order valence-electron chi connectivity index (χ3n) is 4.16. The van der Waals surface area contributed by atoms with Gasteiger partial charge in [-0.05, 0) is 49.7 Å².